The monoisotopic (exact) mass is 372 g/mol. The van der Waals surface area contributed by atoms with Gasteiger partial charge in [0.05, 0.1) is 5.52 Å². The van der Waals surface area contributed by atoms with Crippen LogP contribution in [0.4, 0.5) is 0 Å². The summed E-state index contributed by atoms with van der Waals surface area (Å²) in [6.07, 6.45) is 1.12. The second-order valence-electron chi connectivity index (χ2n) is 7.25. The van der Waals surface area contributed by atoms with E-state index in [0.29, 0.717) is 19.4 Å². The van der Waals surface area contributed by atoms with Crippen molar-refractivity contribution in [2.45, 2.75) is 33.2 Å². The van der Waals surface area contributed by atoms with Crippen LogP contribution in [0.3, 0.4) is 0 Å². The molecule has 0 aliphatic heterocycles. The maximum absolute atomic E-state index is 12.6. The molecule has 4 aromatic rings. The number of rotatable bonds is 5. The first-order valence-corrected chi connectivity index (χ1v) is 9.56. The summed E-state index contributed by atoms with van der Waals surface area (Å²) >= 11 is 0. The first-order valence-electron chi connectivity index (χ1n) is 9.56. The summed E-state index contributed by atoms with van der Waals surface area (Å²) in [7, 11) is 1.86. The van der Waals surface area contributed by atoms with Gasteiger partial charge in [0.15, 0.2) is 5.65 Å². The van der Waals surface area contributed by atoms with E-state index in [2.05, 4.69) is 6.92 Å². The van der Waals surface area contributed by atoms with Crippen molar-refractivity contribution in [1.82, 2.24) is 19.5 Å². The molecule has 0 aliphatic carbocycles. The number of benzene rings is 2. The molecule has 2 heterocycles. The minimum Gasteiger partial charge on any atom is -0.341 e. The van der Waals surface area contributed by atoms with E-state index in [9.17, 15) is 4.79 Å². The Bertz CT molecular complexity index is 1150. The lowest BCUT2D eigenvalue weighted by molar-refractivity contribution is -0.130. The van der Waals surface area contributed by atoms with E-state index in [0.717, 1.165) is 39.1 Å². The average molecular weight is 372 g/mol. The second-order valence-corrected chi connectivity index (χ2v) is 7.25. The molecule has 2 aromatic carbocycles. The molecule has 2 aromatic heterocycles. The van der Waals surface area contributed by atoms with Crippen LogP contribution in [-0.2, 0) is 17.8 Å². The smallest absolute Gasteiger partial charge is 0.222 e. The standard InChI is InChI=1S/C23H24N4O/c1-16-19(13-14-22(28)26(3)15-18-9-5-4-6-10-18)17(2)27-23(24-16)20-11-7-8-12-21(20)25-27/h4-12H,13-15H2,1-3H3. The van der Waals surface area contributed by atoms with Crippen molar-refractivity contribution >= 4 is 22.5 Å². The summed E-state index contributed by atoms with van der Waals surface area (Å²) in [6.45, 7) is 4.70. The number of hydrogen-bond acceptors (Lipinski definition) is 3. The van der Waals surface area contributed by atoms with Gasteiger partial charge in [-0.25, -0.2) is 9.50 Å². The largest absolute Gasteiger partial charge is 0.341 e. The van der Waals surface area contributed by atoms with E-state index in [1.165, 1.54) is 0 Å². The third-order valence-electron chi connectivity index (χ3n) is 5.30. The number of carbonyl (C=O) groups excluding carboxylic acids is 1. The highest BCUT2D eigenvalue weighted by Gasteiger charge is 2.16. The van der Waals surface area contributed by atoms with Gasteiger partial charge in [0, 0.05) is 36.8 Å². The van der Waals surface area contributed by atoms with E-state index in [1.807, 2.05) is 73.1 Å². The predicted molar refractivity (Wildman–Crippen MR) is 111 cm³/mol. The molecule has 142 valence electrons. The molecule has 0 saturated heterocycles. The quantitative estimate of drug-likeness (QED) is 0.530. The van der Waals surface area contributed by atoms with Crippen molar-refractivity contribution in [2.24, 2.45) is 0 Å². The number of amides is 1. The number of aryl methyl sites for hydroxylation is 2. The van der Waals surface area contributed by atoms with Gasteiger partial charge in [0.2, 0.25) is 5.91 Å². The molecule has 28 heavy (non-hydrogen) atoms. The highest BCUT2D eigenvalue weighted by Crippen LogP contribution is 2.23. The summed E-state index contributed by atoms with van der Waals surface area (Å²) < 4.78 is 1.91. The summed E-state index contributed by atoms with van der Waals surface area (Å²) in [4.78, 5) is 19.2. The maximum Gasteiger partial charge on any atom is 0.222 e. The molecule has 0 unspecified atom stereocenters. The predicted octanol–water partition coefficient (Wildman–Crippen LogP) is 4.09. The average Bonchev–Trinajstić information content (AvgIpc) is 3.07. The lowest BCUT2D eigenvalue weighted by Gasteiger charge is -2.18. The van der Waals surface area contributed by atoms with Crippen LogP contribution in [0, 0.1) is 13.8 Å². The molecule has 1 amide bonds. The molecule has 0 spiro atoms. The van der Waals surface area contributed by atoms with Gasteiger partial charge in [-0.15, -0.1) is 0 Å². The minimum absolute atomic E-state index is 0.133. The van der Waals surface area contributed by atoms with Crippen molar-refractivity contribution < 1.29 is 4.79 Å². The maximum atomic E-state index is 12.6. The van der Waals surface area contributed by atoms with Crippen LogP contribution in [0.2, 0.25) is 0 Å². The van der Waals surface area contributed by atoms with Crippen LogP contribution in [0.15, 0.2) is 54.6 Å². The fourth-order valence-corrected chi connectivity index (χ4v) is 3.71. The molecule has 0 N–H and O–H groups in total. The Labute approximate surface area is 164 Å². The second kappa shape index (κ2) is 7.43. The Hall–Kier alpha value is -3.21. The van der Waals surface area contributed by atoms with Crippen LogP contribution in [0.1, 0.15) is 28.9 Å². The topological polar surface area (TPSA) is 50.5 Å². The fraction of sp³-hybridized carbons (Fsp3) is 0.261. The highest BCUT2D eigenvalue weighted by atomic mass is 16.2. The number of nitrogens with zero attached hydrogens (tertiary/aromatic N) is 4. The number of aromatic nitrogens is 3. The van der Waals surface area contributed by atoms with Crippen LogP contribution in [0.25, 0.3) is 16.6 Å². The molecular formula is C23H24N4O. The summed E-state index contributed by atoms with van der Waals surface area (Å²) in [5, 5.41) is 5.75. The van der Waals surface area contributed by atoms with Gasteiger partial charge in [0.25, 0.3) is 0 Å². The van der Waals surface area contributed by atoms with Gasteiger partial charge < -0.3 is 4.90 Å². The van der Waals surface area contributed by atoms with Crippen molar-refractivity contribution in [2.75, 3.05) is 7.05 Å². The normalized spacial score (nSPS) is 11.2. The molecule has 4 rings (SSSR count). The van der Waals surface area contributed by atoms with Gasteiger partial charge in [-0.05, 0) is 43.5 Å². The Morgan fingerprint density at radius 2 is 1.75 bits per heavy atom. The number of hydrogen-bond donors (Lipinski definition) is 0. The van der Waals surface area contributed by atoms with Gasteiger partial charge in [0.1, 0.15) is 0 Å². The summed E-state index contributed by atoms with van der Waals surface area (Å²) in [5.74, 6) is 0.133. The molecule has 0 atom stereocenters. The summed E-state index contributed by atoms with van der Waals surface area (Å²) in [6, 6.07) is 18.1. The van der Waals surface area contributed by atoms with E-state index >= 15 is 0 Å². The molecule has 0 aliphatic rings. The highest BCUT2D eigenvalue weighted by molar-refractivity contribution is 5.92. The van der Waals surface area contributed by atoms with E-state index < -0.39 is 0 Å². The Morgan fingerprint density at radius 1 is 1.04 bits per heavy atom. The fourth-order valence-electron chi connectivity index (χ4n) is 3.71. The van der Waals surface area contributed by atoms with Gasteiger partial charge in [-0.1, -0.05) is 42.5 Å². The number of carbonyl (C=O) groups is 1. The molecule has 0 saturated carbocycles. The summed E-state index contributed by atoms with van der Waals surface area (Å²) in [5.41, 5.74) is 6.07. The third kappa shape index (κ3) is 3.36. The molecule has 0 fully saturated rings. The minimum atomic E-state index is 0.133. The van der Waals surface area contributed by atoms with Crippen LogP contribution in [-0.4, -0.2) is 32.5 Å². The van der Waals surface area contributed by atoms with Crippen molar-refractivity contribution in [3.8, 4) is 0 Å². The Morgan fingerprint density at radius 3 is 2.54 bits per heavy atom. The molecule has 0 radical (unpaired) electrons. The third-order valence-corrected chi connectivity index (χ3v) is 5.30. The zero-order valence-electron chi connectivity index (χ0n) is 16.5. The van der Waals surface area contributed by atoms with Crippen molar-refractivity contribution in [3.05, 3.63) is 77.1 Å². The van der Waals surface area contributed by atoms with Crippen LogP contribution in [0.5, 0.6) is 0 Å². The zero-order valence-corrected chi connectivity index (χ0v) is 16.5. The molecule has 5 heteroatoms. The first kappa shape index (κ1) is 18.2. The van der Waals surface area contributed by atoms with Gasteiger partial charge >= 0.3 is 0 Å². The van der Waals surface area contributed by atoms with Crippen LogP contribution < -0.4 is 0 Å². The molecular weight excluding hydrogens is 348 g/mol. The lowest BCUT2D eigenvalue weighted by Crippen LogP contribution is -2.26. The Kier molecular flexibility index (Phi) is 4.82. The van der Waals surface area contributed by atoms with E-state index in [4.69, 9.17) is 10.1 Å². The van der Waals surface area contributed by atoms with Crippen LogP contribution >= 0.6 is 0 Å². The molecule has 0 bridgehead atoms. The first-order chi connectivity index (χ1) is 13.5. The molecule has 5 nitrogen and oxygen atoms in total. The van der Waals surface area contributed by atoms with Gasteiger partial charge in [-0.3, -0.25) is 4.79 Å². The van der Waals surface area contributed by atoms with E-state index in [1.54, 1.807) is 4.90 Å². The van der Waals surface area contributed by atoms with Crippen molar-refractivity contribution in [1.29, 1.82) is 0 Å². The van der Waals surface area contributed by atoms with E-state index in [-0.39, 0.29) is 5.91 Å². The lowest BCUT2D eigenvalue weighted by atomic mass is 10.1. The SMILES string of the molecule is Cc1nc2c3ccccc3nn2c(C)c1CCC(=O)N(C)Cc1ccccc1. The zero-order chi connectivity index (χ0) is 19.7. The Balaban J connectivity index is 1.54. The number of fused-ring (bicyclic) bond motifs is 3. The van der Waals surface area contributed by atoms with Crippen molar-refractivity contribution in [3.63, 3.8) is 0 Å². The van der Waals surface area contributed by atoms with Gasteiger partial charge in [-0.2, -0.15) is 5.10 Å².